The molecule has 0 aliphatic heterocycles. The molecule has 0 N–H and O–H groups in total. The van der Waals surface area contributed by atoms with Crippen LogP contribution in [0.2, 0.25) is 0 Å². The summed E-state index contributed by atoms with van der Waals surface area (Å²) in [5.74, 6) is 0.726. The molecule has 0 heterocycles. The van der Waals surface area contributed by atoms with E-state index in [9.17, 15) is 4.79 Å². The van der Waals surface area contributed by atoms with Gasteiger partial charge in [-0.1, -0.05) is 12.2 Å². The van der Waals surface area contributed by atoms with Gasteiger partial charge < -0.3 is 4.74 Å². The topological polar surface area (TPSA) is 26.3 Å². The summed E-state index contributed by atoms with van der Waals surface area (Å²) in [4.78, 5) is 9.92. The number of halogens is 1. The van der Waals surface area contributed by atoms with Gasteiger partial charge in [-0.15, -0.1) is 0 Å². The van der Waals surface area contributed by atoms with Crippen molar-refractivity contribution in [1.29, 1.82) is 0 Å². The van der Waals surface area contributed by atoms with Crippen molar-refractivity contribution in [3.05, 3.63) is 24.0 Å². The molecule has 0 saturated carbocycles. The van der Waals surface area contributed by atoms with Crippen LogP contribution in [0, 0.1) is 0 Å². The number of carbonyl (C=O) groups excluding carboxylic acids is 1. The van der Waals surface area contributed by atoms with Gasteiger partial charge in [0.15, 0.2) is 0 Å². The molecule has 0 atom stereocenters. The first-order valence-corrected chi connectivity index (χ1v) is 3.79. The Morgan fingerprint density at radius 3 is 2.90 bits per heavy atom. The van der Waals surface area contributed by atoms with Gasteiger partial charge in [0.2, 0.25) is 0 Å². The first kappa shape index (κ1) is 7.54. The van der Waals surface area contributed by atoms with Gasteiger partial charge in [-0.05, 0) is 12.5 Å². The lowest BCUT2D eigenvalue weighted by atomic mass is 10.2. The van der Waals surface area contributed by atoms with E-state index in [-0.39, 0.29) is 0 Å². The molecule has 0 amide bonds. The molecular formula is C7H7BrO2. The van der Waals surface area contributed by atoms with Crippen molar-refractivity contribution in [2.24, 2.45) is 0 Å². The van der Waals surface area contributed by atoms with Crippen molar-refractivity contribution < 1.29 is 9.53 Å². The minimum absolute atomic E-state index is 0.422. The second kappa shape index (κ2) is 3.56. The lowest BCUT2D eigenvalue weighted by Crippen LogP contribution is -1.95. The molecule has 1 rings (SSSR count). The van der Waals surface area contributed by atoms with Gasteiger partial charge in [0.05, 0.1) is 0 Å². The van der Waals surface area contributed by atoms with Crippen molar-refractivity contribution in [2.75, 3.05) is 0 Å². The van der Waals surface area contributed by atoms with E-state index in [1.165, 1.54) is 0 Å². The van der Waals surface area contributed by atoms with Gasteiger partial charge in [0.1, 0.15) is 5.76 Å². The van der Waals surface area contributed by atoms with Crippen LogP contribution < -0.4 is 0 Å². The summed E-state index contributed by atoms with van der Waals surface area (Å²) in [5, 5.41) is 0. The van der Waals surface area contributed by atoms with Crippen LogP contribution in [-0.2, 0) is 4.74 Å². The molecule has 2 nitrogen and oxygen atoms in total. The highest BCUT2D eigenvalue weighted by Crippen LogP contribution is 2.13. The van der Waals surface area contributed by atoms with E-state index < -0.39 is 4.88 Å². The standard InChI is InChI=1S/C7H7BrO2/c8-7(9)10-6-4-2-1-3-5-6/h1-2,5H,3-4H2. The third-order valence-electron chi connectivity index (χ3n) is 1.18. The van der Waals surface area contributed by atoms with Crippen LogP contribution >= 0.6 is 15.9 Å². The first-order valence-electron chi connectivity index (χ1n) is 3.00. The summed E-state index contributed by atoms with van der Waals surface area (Å²) in [6.07, 6.45) is 7.48. The van der Waals surface area contributed by atoms with E-state index in [0.717, 1.165) is 18.6 Å². The summed E-state index contributed by atoms with van der Waals surface area (Å²) in [6.45, 7) is 0. The van der Waals surface area contributed by atoms with Crippen LogP contribution in [-0.4, -0.2) is 4.88 Å². The number of ether oxygens (including phenoxy) is 1. The normalized spacial score (nSPS) is 16.3. The van der Waals surface area contributed by atoms with Gasteiger partial charge in [0, 0.05) is 22.4 Å². The monoisotopic (exact) mass is 202 g/mol. The molecule has 1 aliphatic rings. The van der Waals surface area contributed by atoms with Gasteiger partial charge in [-0.3, -0.25) is 0 Å². The molecule has 0 spiro atoms. The Labute approximate surface area is 67.7 Å². The van der Waals surface area contributed by atoms with E-state index in [1.54, 1.807) is 0 Å². The van der Waals surface area contributed by atoms with E-state index in [0.29, 0.717) is 0 Å². The average molecular weight is 203 g/mol. The molecule has 0 bridgehead atoms. The maximum Gasteiger partial charge on any atom is 0.379 e. The zero-order chi connectivity index (χ0) is 7.40. The number of carbonyl (C=O) groups is 1. The highest BCUT2D eigenvalue weighted by molar-refractivity contribution is 9.18. The molecule has 0 fully saturated rings. The van der Waals surface area contributed by atoms with Crippen LogP contribution in [0.15, 0.2) is 24.0 Å². The fourth-order valence-corrected chi connectivity index (χ4v) is 0.973. The second-order valence-corrected chi connectivity index (χ2v) is 2.57. The largest absolute Gasteiger partial charge is 0.423 e. The summed E-state index contributed by atoms with van der Waals surface area (Å²) < 4.78 is 4.78. The van der Waals surface area contributed by atoms with Gasteiger partial charge in [0.25, 0.3) is 0 Å². The predicted molar refractivity (Wildman–Crippen MR) is 41.9 cm³/mol. The van der Waals surface area contributed by atoms with Crippen LogP contribution in [0.25, 0.3) is 0 Å². The van der Waals surface area contributed by atoms with Crippen LogP contribution in [0.5, 0.6) is 0 Å². The Hall–Kier alpha value is -0.570. The lowest BCUT2D eigenvalue weighted by Gasteiger charge is -2.05. The molecule has 1 aliphatic carbocycles. The van der Waals surface area contributed by atoms with Gasteiger partial charge in [-0.25, -0.2) is 4.79 Å². The minimum atomic E-state index is -0.422. The fraction of sp³-hybridized carbons (Fsp3) is 0.286. The third kappa shape index (κ3) is 2.35. The molecule has 0 aromatic rings. The second-order valence-electron chi connectivity index (χ2n) is 1.92. The van der Waals surface area contributed by atoms with Gasteiger partial charge in [-0.2, -0.15) is 0 Å². The SMILES string of the molecule is O=C(Br)OC1=CCC=CC1. The van der Waals surface area contributed by atoms with Crippen LogP contribution in [0.3, 0.4) is 0 Å². The Morgan fingerprint density at radius 2 is 2.40 bits per heavy atom. The highest BCUT2D eigenvalue weighted by atomic mass is 79.9. The van der Waals surface area contributed by atoms with Crippen molar-refractivity contribution >= 4 is 20.8 Å². The Balaban J connectivity index is 2.41. The minimum Gasteiger partial charge on any atom is -0.423 e. The Bertz CT molecular complexity index is 194. The molecule has 0 saturated heterocycles. The zero-order valence-electron chi connectivity index (χ0n) is 5.34. The molecule has 0 radical (unpaired) electrons. The van der Waals surface area contributed by atoms with Crippen molar-refractivity contribution in [1.82, 2.24) is 0 Å². The van der Waals surface area contributed by atoms with Gasteiger partial charge >= 0.3 is 4.88 Å². The summed E-state index contributed by atoms with van der Waals surface area (Å²) >= 11 is 2.68. The van der Waals surface area contributed by atoms with E-state index >= 15 is 0 Å². The number of hydrogen-bond donors (Lipinski definition) is 0. The fourth-order valence-electron chi connectivity index (χ4n) is 0.765. The lowest BCUT2D eigenvalue weighted by molar-refractivity contribution is 0.204. The maximum absolute atomic E-state index is 10.3. The number of hydrogen-bond acceptors (Lipinski definition) is 2. The number of rotatable bonds is 1. The summed E-state index contributed by atoms with van der Waals surface area (Å²) in [7, 11) is 0. The highest BCUT2D eigenvalue weighted by Gasteiger charge is 2.02. The molecular weight excluding hydrogens is 196 g/mol. The van der Waals surface area contributed by atoms with E-state index in [2.05, 4.69) is 15.9 Å². The Kier molecular flexibility index (Phi) is 2.68. The average Bonchev–Trinajstić information content (AvgIpc) is 1.88. The smallest absolute Gasteiger partial charge is 0.379 e. The molecule has 10 heavy (non-hydrogen) atoms. The first-order chi connectivity index (χ1) is 4.79. The molecule has 0 aromatic carbocycles. The third-order valence-corrected chi connectivity index (χ3v) is 1.34. The Morgan fingerprint density at radius 1 is 1.60 bits per heavy atom. The van der Waals surface area contributed by atoms with Crippen molar-refractivity contribution in [3.8, 4) is 0 Å². The molecule has 0 aromatic heterocycles. The zero-order valence-corrected chi connectivity index (χ0v) is 6.93. The maximum atomic E-state index is 10.3. The number of allylic oxidation sites excluding steroid dienone is 3. The van der Waals surface area contributed by atoms with E-state index in [4.69, 9.17) is 4.74 Å². The summed E-state index contributed by atoms with van der Waals surface area (Å²) in [5.41, 5.74) is 0. The van der Waals surface area contributed by atoms with Crippen molar-refractivity contribution in [3.63, 3.8) is 0 Å². The summed E-state index contributed by atoms with van der Waals surface area (Å²) in [6, 6.07) is 0. The van der Waals surface area contributed by atoms with Crippen LogP contribution in [0.1, 0.15) is 12.8 Å². The predicted octanol–water partition coefficient (Wildman–Crippen LogP) is 2.75. The van der Waals surface area contributed by atoms with Crippen LogP contribution in [0.4, 0.5) is 4.79 Å². The quantitative estimate of drug-likeness (QED) is 0.483. The molecule has 54 valence electrons. The van der Waals surface area contributed by atoms with Crippen molar-refractivity contribution in [2.45, 2.75) is 12.8 Å². The molecule has 0 unspecified atom stereocenters. The van der Waals surface area contributed by atoms with E-state index in [1.807, 2.05) is 18.2 Å². The molecule has 3 heteroatoms.